The van der Waals surface area contributed by atoms with Crippen LogP contribution < -0.4 is 37.6 Å². The number of carbonyl (C=O) groups is 8. The number of thioether (sulfide) groups is 1. The number of amides is 6. The number of ether oxygens (including phenoxy) is 4. The fourth-order valence-electron chi connectivity index (χ4n) is 7.10. The number of nitrogens with zero attached hydrogens (tertiary/aromatic N) is 4. The quantitative estimate of drug-likeness (QED) is 0.0215. The molecular weight excluding hydrogens is 1230 g/mol. The molecule has 488 valence electrons. The molecule has 2 aromatic heterocycles. The number of alkyl carbamates (subject to hydrolysis) is 2. The summed E-state index contributed by atoms with van der Waals surface area (Å²) in [5.74, 6) is -4.30. The van der Waals surface area contributed by atoms with E-state index in [0.29, 0.717) is 11.8 Å². The third kappa shape index (κ3) is 26.5. The summed E-state index contributed by atoms with van der Waals surface area (Å²) in [5.41, 5.74) is 1.32. The van der Waals surface area contributed by atoms with Crippen LogP contribution in [-0.2, 0) is 79.3 Å². The first-order valence-corrected chi connectivity index (χ1v) is 31.6. The lowest BCUT2D eigenvalue weighted by Crippen LogP contribution is -2.54. The highest BCUT2D eigenvalue weighted by Crippen LogP contribution is 2.61. The van der Waals surface area contributed by atoms with Crippen LogP contribution in [0.3, 0.4) is 0 Å². The lowest BCUT2D eigenvalue weighted by molar-refractivity contribution is -0.157. The zero-order valence-electron chi connectivity index (χ0n) is 49.2. The van der Waals surface area contributed by atoms with Crippen molar-refractivity contribution in [2.24, 2.45) is 5.41 Å². The van der Waals surface area contributed by atoms with Gasteiger partial charge in [-0.3, -0.25) is 42.1 Å². The minimum atomic E-state index is -5.67. The minimum absolute atomic E-state index is 0.00475. The maximum atomic E-state index is 13.4. The summed E-state index contributed by atoms with van der Waals surface area (Å²) in [6.45, 7) is 15.0. The van der Waals surface area contributed by atoms with Crippen LogP contribution in [0.5, 0.6) is 0 Å². The van der Waals surface area contributed by atoms with Gasteiger partial charge >= 0.3 is 41.6 Å². The molecule has 6 amide bonds. The van der Waals surface area contributed by atoms with Crippen molar-refractivity contribution < 1.29 is 119 Å². The highest BCUT2D eigenvalue weighted by Gasteiger charge is 2.50. The summed E-state index contributed by atoms with van der Waals surface area (Å²) in [5, 5.41) is 35.6. The van der Waals surface area contributed by atoms with Crippen LogP contribution in [0.4, 0.5) is 15.4 Å². The summed E-state index contributed by atoms with van der Waals surface area (Å²) >= 11 is 0.654. The molecule has 0 aromatic carbocycles. The van der Waals surface area contributed by atoms with Gasteiger partial charge in [-0.05, 0) is 75.7 Å². The SMILES string of the molecule is C[C@@H](NC(=O)CC[C@@H](NC(=O)OC(C)(C)C)C(=O)OC(C)(C)C)C(=O)N[C@@H](CNC(=O)OC(C)(C)C)C(=O)SCCNC(=O)CCNC(=O)[C@H](O)C(C)(C)COP(=O)(O)OP(=O)(O)OC[C@H]1O[C@@H](n2cnc3c(N)ncnc32)[C@H](O)[C@@H]1OP(=O)(O)O. The number of aliphatic hydroxyl groups excluding tert-OH is 2. The summed E-state index contributed by atoms with van der Waals surface area (Å²) < 4.78 is 78.5. The van der Waals surface area contributed by atoms with Gasteiger partial charge in [-0.1, -0.05) is 25.6 Å². The van der Waals surface area contributed by atoms with Crippen LogP contribution >= 0.6 is 35.2 Å². The second-order valence-corrected chi connectivity index (χ2v) is 28.1. The Kier molecular flexibility index (Phi) is 27.0. The molecule has 1 saturated heterocycles. The molecule has 0 radical (unpaired) electrons. The number of nitrogens with two attached hydrogens (primary N) is 1. The van der Waals surface area contributed by atoms with Crippen molar-refractivity contribution >= 4 is 99.1 Å². The average molecular weight is 1310 g/mol. The summed E-state index contributed by atoms with van der Waals surface area (Å²) in [6.07, 6.45) is -9.99. The first-order valence-electron chi connectivity index (χ1n) is 26.1. The van der Waals surface area contributed by atoms with Crippen molar-refractivity contribution in [3.8, 4) is 0 Å². The number of aliphatic hydroxyl groups is 2. The maximum absolute atomic E-state index is 13.4. The molecule has 1 aliphatic rings. The molecule has 10 atom stereocenters. The van der Waals surface area contributed by atoms with Gasteiger partial charge in [-0.2, -0.15) is 4.31 Å². The van der Waals surface area contributed by atoms with Crippen LogP contribution in [-0.4, -0.2) is 194 Å². The van der Waals surface area contributed by atoms with E-state index < -0.39 is 161 Å². The van der Waals surface area contributed by atoms with Gasteiger partial charge in [0, 0.05) is 43.6 Å². The number of esters is 1. The van der Waals surface area contributed by atoms with E-state index in [0.717, 1.165) is 17.2 Å². The fraction of sp³-hybridized carbons (Fsp3) is 0.717. The largest absolute Gasteiger partial charge is 0.481 e. The number of rotatable bonds is 30. The Labute approximate surface area is 498 Å². The Bertz CT molecular complexity index is 2880. The molecule has 36 nitrogen and oxygen atoms in total. The number of aromatic nitrogens is 4. The van der Waals surface area contributed by atoms with Gasteiger partial charge in [0.05, 0.1) is 19.5 Å². The summed E-state index contributed by atoms with van der Waals surface area (Å²) in [6, 6.07) is -3.98. The number of nitrogen functional groups attached to an aromatic ring is 1. The topological polar surface area (TPSA) is 525 Å². The van der Waals surface area contributed by atoms with E-state index in [9.17, 15) is 81.8 Å². The lowest BCUT2D eigenvalue weighted by Gasteiger charge is -2.30. The second kappa shape index (κ2) is 31.1. The first-order chi connectivity index (χ1) is 39.3. The predicted molar refractivity (Wildman–Crippen MR) is 299 cm³/mol. The molecule has 1 aliphatic heterocycles. The van der Waals surface area contributed by atoms with E-state index >= 15 is 0 Å². The lowest BCUT2D eigenvalue weighted by atomic mass is 9.87. The van der Waals surface area contributed by atoms with Gasteiger partial charge in [-0.15, -0.1) is 0 Å². The Balaban J connectivity index is 1.49. The van der Waals surface area contributed by atoms with Crippen molar-refractivity contribution in [1.29, 1.82) is 0 Å². The number of phosphoric acid groups is 3. The standard InChI is InChI=1S/C46H78N11O25P3S/c1-24(54-29(59)14-13-25(39(64)78-43(2,3)4)56-42(67)80-45(8,9)10)36(62)55-26(19-50-41(66)79-44(5,6)7)40(65)86-18-17-48-28(58)15-16-49-37(63)33(61)46(11,12)21-76-85(73,74)82-84(71,72)75-20-27-32(81-83(68,69)70)31(60)38(77-27)57-23-53-30-34(47)51-22-52-35(30)57/h22-27,31-33,38,60-61H,13-21H2,1-12H3,(H,48,58)(H,49,63)(H,50,66)(H,54,59)(H,55,62)(H,56,67)(H,71,72)(H,73,74)(H2,47,51,52)(H2,68,69,70)/t24-,25-,26+,27-,31-,32-,33+,38-/m1/s1. The number of anilines is 1. The third-order valence-corrected chi connectivity index (χ3v) is 15.1. The van der Waals surface area contributed by atoms with Crippen LogP contribution in [0.15, 0.2) is 12.7 Å². The Morgan fingerprint density at radius 3 is 1.95 bits per heavy atom. The molecular formula is C46H78N11O25P3S. The first kappa shape index (κ1) is 74.8. The molecule has 0 saturated carbocycles. The minimum Gasteiger partial charge on any atom is -0.458 e. The van der Waals surface area contributed by atoms with Gasteiger partial charge in [0.2, 0.25) is 28.7 Å². The molecule has 3 heterocycles. The zero-order valence-corrected chi connectivity index (χ0v) is 52.7. The third-order valence-electron chi connectivity index (χ3n) is 11.0. The number of carbonyl (C=O) groups excluding carboxylic acids is 8. The van der Waals surface area contributed by atoms with Crippen LogP contribution in [0.25, 0.3) is 11.2 Å². The second-order valence-electron chi connectivity index (χ2n) is 22.7. The van der Waals surface area contributed by atoms with Gasteiger partial charge in [0.1, 0.15) is 71.2 Å². The smallest absolute Gasteiger partial charge is 0.458 e. The molecule has 2 aromatic rings. The van der Waals surface area contributed by atoms with Gasteiger partial charge in [0.25, 0.3) is 0 Å². The number of nitrogens with one attached hydrogen (secondary N) is 6. The maximum Gasteiger partial charge on any atom is 0.481 e. The Morgan fingerprint density at radius 1 is 0.744 bits per heavy atom. The van der Waals surface area contributed by atoms with E-state index in [-0.39, 0.29) is 55.1 Å². The molecule has 0 bridgehead atoms. The van der Waals surface area contributed by atoms with Crippen molar-refractivity contribution in [2.75, 3.05) is 44.3 Å². The normalized spacial score (nSPS) is 19.5. The molecule has 0 spiro atoms. The van der Waals surface area contributed by atoms with Crippen LogP contribution in [0.2, 0.25) is 0 Å². The van der Waals surface area contributed by atoms with Crippen molar-refractivity contribution in [1.82, 2.24) is 51.4 Å². The van der Waals surface area contributed by atoms with E-state index in [1.54, 1.807) is 62.3 Å². The molecule has 40 heteroatoms. The highest BCUT2D eigenvalue weighted by atomic mass is 32.2. The van der Waals surface area contributed by atoms with E-state index in [2.05, 4.69) is 55.7 Å². The number of fused-ring (bicyclic) bond motifs is 1. The van der Waals surface area contributed by atoms with E-state index in [4.69, 9.17) is 33.7 Å². The molecule has 3 rings (SSSR count). The Hall–Kier alpha value is -5.49. The number of imidazole rings is 1. The van der Waals surface area contributed by atoms with Gasteiger partial charge in [0.15, 0.2) is 17.7 Å². The predicted octanol–water partition coefficient (Wildman–Crippen LogP) is 0.194. The number of phosphoric ester groups is 3. The van der Waals surface area contributed by atoms with Gasteiger partial charge < -0.3 is 86.4 Å². The monoisotopic (exact) mass is 1310 g/mol. The van der Waals surface area contributed by atoms with E-state index in [1.807, 2.05) is 0 Å². The number of hydrogen-bond acceptors (Lipinski definition) is 26. The molecule has 0 aliphatic carbocycles. The van der Waals surface area contributed by atoms with Crippen molar-refractivity contribution in [3.63, 3.8) is 0 Å². The average Bonchev–Trinajstić information content (AvgIpc) is 1.66. The fourth-order valence-corrected chi connectivity index (χ4v) is 10.7. The molecule has 86 heavy (non-hydrogen) atoms. The van der Waals surface area contributed by atoms with E-state index in [1.165, 1.54) is 20.8 Å². The molecule has 1 fully saturated rings. The Morgan fingerprint density at radius 2 is 1.35 bits per heavy atom. The van der Waals surface area contributed by atoms with Gasteiger partial charge in [-0.25, -0.2) is 43.0 Å². The summed E-state index contributed by atoms with van der Waals surface area (Å²) in [7, 11) is -16.7. The number of hydrogen-bond donors (Lipinski definition) is 13. The summed E-state index contributed by atoms with van der Waals surface area (Å²) in [4.78, 5) is 155. The highest BCUT2D eigenvalue weighted by molar-refractivity contribution is 8.13. The zero-order chi connectivity index (χ0) is 65.6. The molecule has 14 N–H and O–H groups in total. The van der Waals surface area contributed by atoms with Crippen LogP contribution in [0, 0.1) is 5.41 Å². The molecule has 2 unspecified atom stereocenters. The van der Waals surface area contributed by atoms with Crippen LogP contribution in [0.1, 0.15) is 109 Å². The van der Waals surface area contributed by atoms with Crippen molar-refractivity contribution in [3.05, 3.63) is 12.7 Å². The van der Waals surface area contributed by atoms with Crippen molar-refractivity contribution in [2.45, 2.75) is 168 Å².